The molecule has 0 aromatic rings. The molecule has 0 aromatic carbocycles. The van der Waals surface area contributed by atoms with Crippen LogP contribution >= 0.6 is 0 Å². The highest BCUT2D eigenvalue weighted by atomic mass is 32.2. The molecule has 4 atom stereocenters. The summed E-state index contributed by atoms with van der Waals surface area (Å²) in [5, 5.41) is 3.66. The molecule has 0 radical (unpaired) electrons. The van der Waals surface area contributed by atoms with Crippen molar-refractivity contribution in [3.63, 3.8) is 0 Å². The van der Waals surface area contributed by atoms with Crippen LogP contribution in [0.15, 0.2) is 0 Å². The van der Waals surface area contributed by atoms with Crippen LogP contribution in [-0.4, -0.2) is 53.3 Å². The summed E-state index contributed by atoms with van der Waals surface area (Å²) in [6, 6.07) is 0.656. The van der Waals surface area contributed by atoms with Gasteiger partial charge in [0, 0.05) is 41.4 Å². The van der Waals surface area contributed by atoms with Gasteiger partial charge < -0.3 is 10.2 Å². The number of piperidine rings is 1. The van der Waals surface area contributed by atoms with Crippen LogP contribution in [0.5, 0.6) is 0 Å². The third-order valence-electron chi connectivity index (χ3n) is 3.44. The van der Waals surface area contributed by atoms with Gasteiger partial charge in [0.05, 0.1) is 0 Å². The van der Waals surface area contributed by atoms with E-state index in [1.807, 2.05) is 7.05 Å². The van der Waals surface area contributed by atoms with Crippen LogP contribution in [-0.2, 0) is 10.8 Å². The lowest BCUT2D eigenvalue weighted by Gasteiger charge is -2.37. The third kappa shape index (κ3) is 3.85. The molecule has 0 amide bonds. The Morgan fingerprint density at radius 2 is 2.27 bits per heavy atom. The summed E-state index contributed by atoms with van der Waals surface area (Å²) >= 11 is 0. The van der Waals surface area contributed by atoms with E-state index in [1.165, 1.54) is 6.42 Å². The minimum Gasteiger partial charge on any atom is -0.317 e. The monoisotopic (exact) mass is 232 g/mol. The van der Waals surface area contributed by atoms with Crippen molar-refractivity contribution in [1.29, 1.82) is 0 Å². The van der Waals surface area contributed by atoms with Crippen molar-refractivity contribution in [2.45, 2.75) is 31.6 Å². The average molecular weight is 232 g/mol. The Bertz CT molecular complexity index is 223. The summed E-state index contributed by atoms with van der Waals surface area (Å²) in [4.78, 5) is 2.45. The molecule has 4 unspecified atom stereocenters. The molecule has 1 saturated heterocycles. The summed E-state index contributed by atoms with van der Waals surface area (Å²) in [7, 11) is 1.35. The molecule has 4 heteroatoms. The Kier molecular flexibility index (Phi) is 5.23. The predicted molar refractivity (Wildman–Crippen MR) is 66.6 cm³/mol. The molecule has 1 rings (SSSR count). The summed E-state index contributed by atoms with van der Waals surface area (Å²) < 4.78 is 11.3. The summed E-state index contributed by atoms with van der Waals surface area (Å²) in [5.41, 5.74) is 0. The molecule has 1 fully saturated rings. The van der Waals surface area contributed by atoms with E-state index in [9.17, 15) is 4.21 Å². The summed E-state index contributed by atoms with van der Waals surface area (Å²) in [6.07, 6.45) is 3.01. The van der Waals surface area contributed by atoms with Crippen molar-refractivity contribution in [3.05, 3.63) is 0 Å². The van der Waals surface area contributed by atoms with E-state index in [-0.39, 0.29) is 0 Å². The molecule has 0 aliphatic carbocycles. The molecule has 0 aromatic heterocycles. The van der Waals surface area contributed by atoms with Gasteiger partial charge in [-0.05, 0) is 32.9 Å². The lowest BCUT2D eigenvalue weighted by molar-refractivity contribution is 0.153. The molecule has 1 N–H and O–H groups in total. The number of nitrogens with one attached hydrogen (secondary N) is 1. The zero-order valence-electron chi connectivity index (χ0n) is 10.3. The molecule has 3 nitrogen and oxygen atoms in total. The van der Waals surface area contributed by atoms with Crippen molar-refractivity contribution < 1.29 is 4.21 Å². The highest BCUT2D eigenvalue weighted by Crippen LogP contribution is 2.17. The summed E-state index contributed by atoms with van der Waals surface area (Å²) in [6.45, 7) is 7.61. The van der Waals surface area contributed by atoms with E-state index in [1.54, 1.807) is 6.26 Å². The lowest BCUT2D eigenvalue weighted by Crippen LogP contribution is -2.49. The van der Waals surface area contributed by atoms with Crippen LogP contribution < -0.4 is 5.32 Å². The Labute approximate surface area is 96.1 Å². The molecular weight excluding hydrogens is 208 g/mol. The zero-order chi connectivity index (χ0) is 11.4. The normalized spacial score (nSPS) is 32.5. The van der Waals surface area contributed by atoms with Gasteiger partial charge in [-0.2, -0.15) is 0 Å². The Morgan fingerprint density at radius 1 is 1.60 bits per heavy atom. The Hall–Kier alpha value is 0.0700. The van der Waals surface area contributed by atoms with E-state index in [2.05, 4.69) is 24.1 Å². The molecule has 1 aliphatic heterocycles. The lowest BCUT2D eigenvalue weighted by atomic mass is 9.94. The van der Waals surface area contributed by atoms with Gasteiger partial charge in [0.1, 0.15) is 0 Å². The van der Waals surface area contributed by atoms with Gasteiger partial charge in [-0.3, -0.25) is 4.21 Å². The first-order valence-corrected chi connectivity index (χ1v) is 7.38. The van der Waals surface area contributed by atoms with Crippen LogP contribution in [0.1, 0.15) is 20.3 Å². The SMILES string of the molecule is CNC1CCN(CC(C)S(C)=O)CC1C. The van der Waals surface area contributed by atoms with Crippen molar-refractivity contribution in [3.8, 4) is 0 Å². The van der Waals surface area contributed by atoms with Gasteiger partial charge in [0.15, 0.2) is 0 Å². The minimum atomic E-state index is -0.691. The topological polar surface area (TPSA) is 32.3 Å². The number of hydrogen-bond acceptors (Lipinski definition) is 3. The van der Waals surface area contributed by atoms with Crippen molar-refractivity contribution in [2.24, 2.45) is 5.92 Å². The molecule has 90 valence electrons. The molecule has 0 bridgehead atoms. The quantitative estimate of drug-likeness (QED) is 0.774. The number of likely N-dealkylation sites (tertiary alicyclic amines) is 1. The summed E-state index contributed by atoms with van der Waals surface area (Å²) in [5.74, 6) is 0.696. The van der Waals surface area contributed by atoms with Gasteiger partial charge >= 0.3 is 0 Å². The highest BCUT2D eigenvalue weighted by Gasteiger charge is 2.25. The first-order chi connectivity index (χ1) is 7.04. The average Bonchev–Trinajstić information content (AvgIpc) is 2.18. The van der Waals surface area contributed by atoms with Crippen LogP contribution in [0.3, 0.4) is 0 Å². The fourth-order valence-electron chi connectivity index (χ4n) is 2.30. The molecular formula is C11H24N2OS. The molecule has 0 spiro atoms. The van der Waals surface area contributed by atoms with E-state index >= 15 is 0 Å². The van der Waals surface area contributed by atoms with E-state index in [4.69, 9.17) is 0 Å². The molecule has 1 heterocycles. The minimum absolute atomic E-state index is 0.295. The fraction of sp³-hybridized carbons (Fsp3) is 1.00. The smallest absolute Gasteiger partial charge is 0.0444 e. The Balaban J connectivity index is 2.37. The van der Waals surface area contributed by atoms with Crippen LogP contribution in [0.25, 0.3) is 0 Å². The van der Waals surface area contributed by atoms with Gasteiger partial charge in [-0.25, -0.2) is 0 Å². The van der Waals surface area contributed by atoms with Crippen molar-refractivity contribution in [2.75, 3.05) is 32.9 Å². The van der Waals surface area contributed by atoms with Gasteiger partial charge in [-0.15, -0.1) is 0 Å². The van der Waals surface area contributed by atoms with Crippen molar-refractivity contribution >= 4 is 10.8 Å². The second kappa shape index (κ2) is 5.97. The van der Waals surface area contributed by atoms with Gasteiger partial charge in [-0.1, -0.05) is 6.92 Å². The fourth-order valence-corrected chi connectivity index (χ4v) is 2.72. The van der Waals surface area contributed by atoms with Crippen LogP contribution in [0.4, 0.5) is 0 Å². The van der Waals surface area contributed by atoms with Gasteiger partial charge in [0.25, 0.3) is 0 Å². The van der Waals surface area contributed by atoms with Crippen LogP contribution in [0, 0.1) is 5.92 Å². The maximum atomic E-state index is 11.3. The van der Waals surface area contributed by atoms with E-state index < -0.39 is 10.8 Å². The van der Waals surface area contributed by atoms with Gasteiger partial charge in [0.2, 0.25) is 0 Å². The second-order valence-corrected chi connectivity index (χ2v) is 6.53. The first-order valence-electron chi connectivity index (χ1n) is 5.76. The molecule has 1 aliphatic rings. The van der Waals surface area contributed by atoms with E-state index in [0.717, 1.165) is 19.6 Å². The van der Waals surface area contributed by atoms with Crippen molar-refractivity contribution in [1.82, 2.24) is 10.2 Å². The standard InChI is InChI=1S/C11H24N2OS/c1-9-7-13(6-5-11(9)12-3)8-10(2)15(4)14/h9-12H,5-8H2,1-4H3. The van der Waals surface area contributed by atoms with E-state index in [0.29, 0.717) is 17.2 Å². The molecule has 0 saturated carbocycles. The second-order valence-electron chi connectivity index (χ2n) is 4.73. The third-order valence-corrected chi connectivity index (χ3v) is 4.72. The largest absolute Gasteiger partial charge is 0.317 e. The first kappa shape index (κ1) is 13.1. The maximum absolute atomic E-state index is 11.3. The number of nitrogens with zero attached hydrogens (tertiary/aromatic N) is 1. The van der Waals surface area contributed by atoms with Crippen LogP contribution in [0.2, 0.25) is 0 Å². The maximum Gasteiger partial charge on any atom is 0.0444 e. The highest BCUT2D eigenvalue weighted by molar-refractivity contribution is 7.84. The Morgan fingerprint density at radius 3 is 2.73 bits per heavy atom. The molecule has 15 heavy (non-hydrogen) atoms. The zero-order valence-corrected chi connectivity index (χ0v) is 11.1. The number of hydrogen-bond donors (Lipinski definition) is 1. The number of rotatable bonds is 4. The predicted octanol–water partition coefficient (Wildman–Crippen LogP) is 0.683.